The molecule has 0 amide bonds. The standard InChI is InChI=1S/C8H8N4O.C5H5N/c13-6-3-5-10-8(6)12-11-7-2-1-4-9-7;1-2-4-6-5-3-1/h1-5,9-10,13H;1-5H. The third-order valence-corrected chi connectivity index (χ3v) is 2.11. The summed E-state index contributed by atoms with van der Waals surface area (Å²) in [6.07, 6.45) is 6.85. The van der Waals surface area contributed by atoms with E-state index in [2.05, 4.69) is 25.2 Å². The molecule has 3 aromatic rings. The predicted octanol–water partition coefficient (Wildman–Crippen LogP) is 3.55. The van der Waals surface area contributed by atoms with Crippen LogP contribution in [0.3, 0.4) is 0 Å². The quantitative estimate of drug-likeness (QED) is 0.611. The van der Waals surface area contributed by atoms with Crippen LogP contribution in [0.25, 0.3) is 0 Å². The molecule has 0 atom stereocenters. The molecule has 0 saturated carbocycles. The van der Waals surface area contributed by atoms with Crippen LogP contribution in [0.2, 0.25) is 0 Å². The third kappa shape index (κ3) is 4.12. The van der Waals surface area contributed by atoms with Crippen molar-refractivity contribution in [3.05, 3.63) is 61.2 Å². The minimum Gasteiger partial charge on any atom is -0.504 e. The summed E-state index contributed by atoms with van der Waals surface area (Å²) in [5.74, 6) is 1.10. The zero-order valence-corrected chi connectivity index (χ0v) is 10.1. The van der Waals surface area contributed by atoms with E-state index in [0.29, 0.717) is 11.6 Å². The first-order valence-corrected chi connectivity index (χ1v) is 5.63. The molecule has 0 spiro atoms. The van der Waals surface area contributed by atoms with Crippen LogP contribution in [0.1, 0.15) is 0 Å². The van der Waals surface area contributed by atoms with E-state index in [1.165, 1.54) is 6.07 Å². The zero-order valence-electron chi connectivity index (χ0n) is 10.1. The Hall–Kier alpha value is -2.89. The van der Waals surface area contributed by atoms with Gasteiger partial charge in [0.2, 0.25) is 0 Å². The number of hydrogen-bond donors (Lipinski definition) is 3. The third-order valence-electron chi connectivity index (χ3n) is 2.11. The number of nitrogens with zero attached hydrogens (tertiary/aromatic N) is 3. The summed E-state index contributed by atoms with van der Waals surface area (Å²) in [6.45, 7) is 0. The number of aromatic nitrogens is 3. The van der Waals surface area contributed by atoms with Gasteiger partial charge in [-0.1, -0.05) is 6.07 Å². The van der Waals surface area contributed by atoms with E-state index in [1.807, 2.05) is 24.3 Å². The van der Waals surface area contributed by atoms with E-state index in [4.69, 9.17) is 0 Å². The van der Waals surface area contributed by atoms with E-state index in [-0.39, 0.29) is 5.75 Å². The number of aromatic amines is 2. The van der Waals surface area contributed by atoms with Crippen LogP contribution in [-0.4, -0.2) is 20.1 Å². The average Bonchev–Trinajstić information content (AvgIpc) is 3.11. The molecule has 19 heavy (non-hydrogen) atoms. The van der Waals surface area contributed by atoms with Gasteiger partial charge in [-0.2, -0.15) is 0 Å². The lowest BCUT2D eigenvalue weighted by molar-refractivity contribution is 0.477. The molecule has 0 radical (unpaired) electrons. The van der Waals surface area contributed by atoms with Crippen LogP contribution < -0.4 is 0 Å². The Kier molecular flexibility index (Phi) is 4.46. The molecule has 0 aromatic carbocycles. The van der Waals surface area contributed by atoms with Crippen LogP contribution in [-0.2, 0) is 0 Å². The molecular formula is C13H13N5O. The number of azo groups is 1. The van der Waals surface area contributed by atoms with Gasteiger partial charge < -0.3 is 15.1 Å². The van der Waals surface area contributed by atoms with Crippen LogP contribution in [0.15, 0.2) is 71.4 Å². The fourth-order valence-electron chi connectivity index (χ4n) is 1.23. The molecule has 3 heterocycles. The summed E-state index contributed by atoms with van der Waals surface area (Å²) in [4.78, 5) is 9.39. The van der Waals surface area contributed by atoms with E-state index in [9.17, 15) is 5.11 Å². The second-order valence-electron chi connectivity index (χ2n) is 3.49. The van der Waals surface area contributed by atoms with Crippen LogP contribution in [0, 0.1) is 0 Å². The number of pyridine rings is 1. The minimum absolute atomic E-state index is 0.0929. The number of nitrogens with one attached hydrogen (secondary N) is 2. The first kappa shape index (κ1) is 12.6. The molecular weight excluding hydrogens is 242 g/mol. The molecule has 3 N–H and O–H groups in total. The van der Waals surface area contributed by atoms with Crippen molar-refractivity contribution in [3.63, 3.8) is 0 Å². The second kappa shape index (κ2) is 6.75. The Morgan fingerprint density at radius 1 is 0.895 bits per heavy atom. The van der Waals surface area contributed by atoms with Gasteiger partial charge in [0.15, 0.2) is 17.4 Å². The van der Waals surface area contributed by atoms with Crippen LogP contribution in [0.4, 0.5) is 11.6 Å². The smallest absolute Gasteiger partial charge is 0.194 e. The fraction of sp³-hybridized carbons (Fsp3) is 0. The number of hydrogen-bond acceptors (Lipinski definition) is 4. The molecule has 0 aliphatic carbocycles. The van der Waals surface area contributed by atoms with Crippen molar-refractivity contribution in [1.29, 1.82) is 0 Å². The van der Waals surface area contributed by atoms with Gasteiger partial charge >= 0.3 is 0 Å². The molecule has 0 unspecified atom stereocenters. The molecule has 3 rings (SSSR count). The molecule has 0 saturated heterocycles. The number of H-pyrrole nitrogens is 2. The summed E-state index contributed by atoms with van der Waals surface area (Å²) in [5, 5.41) is 16.8. The highest BCUT2D eigenvalue weighted by Crippen LogP contribution is 2.24. The Labute approximate surface area is 109 Å². The minimum atomic E-state index is 0.0929. The lowest BCUT2D eigenvalue weighted by Gasteiger charge is -1.87. The largest absolute Gasteiger partial charge is 0.504 e. The van der Waals surface area contributed by atoms with E-state index >= 15 is 0 Å². The van der Waals surface area contributed by atoms with Crippen molar-refractivity contribution in [3.8, 4) is 5.75 Å². The maximum Gasteiger partial charge on any atom is 0.194 e. The van der Waals surface area contributed by atoms with Crippen molar-refractivity contribution in [2.24, 2.45) is 10.2 Å². The topological polar surface area (TPSA) is 89.4 Å². The first-order valence-electron chi connectivity index (χ1n) is 5.63. The Bertz CT molecular complexity index is 574. The molecule has 3 aromatic heterocycles. The van der Waals surface area contributed by atoms with Crippen molar-refractivity contribution < 1.29 is 5.11 Å². The molecule has 0 aliphatic heterocycles. The predicted molar refractivity (Wildman–Crippen MR) is 71.7 cm³/mol. The van der Waals surface area contributed by atoms with Gasteiger partial charge in [-0.05, 0) is 30.3 Å². The highest BCUT2D eigenvalue weighted by Gasteiger charge is 1.98. The number of rotatable bonds is 2. The fourth-order valence-corrected chi connectivity index (χ4v) is 1.23. The SMILES string of the molecule is Oc1cc[nH]c1N=Nc1ccc[nH]1.c1ccncc1. The van der Waals surface area contributed by atoms with Gasteiger partial charge in [0.05, 0.1) is 0 Å². The van der Waals surface area contributed by atoms with Gasteiger partial charge in [0, 0.05) is 24.8 Å². The Morgan fingerprint density at radius 2 is 1.74 bits per heavy atom. The lowest BCUT2D eigenvalue weighted by Crippen LogP contribution is -1.62. The van der Waals surface area contributed by atoms with E-state index < -0.39 is 0 Å². The molecule has 0 fully saturated rings. The molecule has 6 heteroatoms. The second-order valence-corrected chi connectivity index (χ2v) is 3.49. The van der Waals surface area contributed by atoms with Crippen LogP contribution >= 0.6 is 0 Å². The van der Waals surface area contributed by atoms with E-state index in [0.717, 1.165) is 0 Å². The van der Waals surface area contributed by atoms with Gasteiger partial charge in [-0.3, -0.25) is 4.98 Å². The van der Waals surface area contributed by atoms with Gasteiger partial charge in [-0.15, -0.1) is 10.2 Å². The normalized spacial score (nSPS) is 10.1. The van der Waals surface area contributed by atoms with Crippen LogP contribution in [0.5, 0.6) is 5.75 Å². The lowest BCUT2D eigenvalue weighted by atomic mass is 10.5. The summed E-state index contributed by atoms with van der Waals surface area (Å²) in [6, 6.07) is 10.8. The number of aromatic hydroxyl groups is 1. The monoisotopic (exact) mass is 255 g/mol. The summed E-state index contributed by atoms with van der Waals surface area (Å²) >= 11 is 0. The summed E-state index contributed by atoms with van der Waals surface area (Å²) < 4.78 is 0. The molecule has 96 valence electrons. The maximum absolute atomic E-state index is 9.18. The van der Waals surface area contributed by atoms with Gasteiger partial charge in [0.1, 0.15) is 0 Å². The first-order chi connectivity index (χ1) is 9.36. The van der Waals surface area contributed by atoms with Crippen molar-refractivity contribution >= 4 is 11.6 Å². The zero-order chi connectivity index (χ0) is 13.3. The Balaban J connectivity index is 0.000000186. The van der Waals surface area contributed by atoms with Crippen molar-refractivity contribution in [1.82, 2.24) is 15.0 Å². The van der Waals surface area contributed by atoms with Gasteiger partial charge in [0.25, 0.3) is 0 Å². The molecule has 0 aliphatic rings. The molecule has 6 nitrogen and oxygen atoms in total. The van der Waals surface area contributed by atoms with Gasteiger partial charge in [-0.25, -0.2) is 0 Å². The van der Waals surface area contributed by atoms with E-state index in [1.54, 1.807) is 30.9 Å². The molecule has 0 bridgehead atoms. The van der Waals surface area contributed by atoms with Crippen molar-refractivity contribution in [2.75, 3.05) is 0 Å². The summed E-state index contributed by atoms with van der Waals surface area (Å²) in [5.41, 5.74) is 0. The highest BCUT2D eigenvalue weighted by molar-refractivity contribution is 5.44. The highest BCUT2D eigenvalue weighted by atomic mass is 16.3. The maximum atomic E-state index is 9.18. The van der Waals surface area contributed by atoms with Crippen molar-refractivity contribution in [2.45, 2.75) is 0 Å². The average molecular weight is 255 g/mol. The Morgan fingerprint density at radius 3 is 2.21 bits per heavy atom. The summed E-state index contributed by atoms with van der Waals surface area (Å²) in [7, 11) is 0.